The molecule has 2 bridgehead atoms. The normalized spacial score (nSPS) is 25.5. The van der Waals surface area contributed by atoms with Gasteiger partial charge in [-0.1, -0.05) is 12.1 Å². The highest BCUT2D eigenvalue weighted by Gasteiger charge is 2.44. The van der Waals surface area contributed by atoms with Crippen molar-refractivity contribution in [1.29, 1.82) is 0 Å². The summed E-state index contributed by atoms with van der Waals surface area (Å²) in [6, 6.07) is 8.74. The molecule has 96 valence electrons. The lowest BCUT2D eigenvalue weighted by Crippen LogP contribution is -2.62. The van der Waals surface area contributed by atoms with Gasteiger partial charge in [-0.05, 0) is 43.4 Å². The minimum absolute atomic E-state index is 0.0523. The number of carbonyl (C=O) groups is 1. The van der Waals surface area contributed by atoms with Crippen molar-refractivity contribution in [2.75, 3.05) is 5.32 Å². The quantitative estimate of drug-likeness (QED) is 0.840. The summed E-state index contributed by atoms with van der Waals surface area (Å²) in [5, 5.41) is 2.97. The van der Waals surface area contributed by atoms with Crippen LogP contribution < -0.4 is 11.1 Å². The van der Waals surface area contributed by atoms with Gasteiger partial charge in [0.15, 0.2) is 0 Å². The fourth-order valence-electron chi connectivity index (χ4n) is 3.05. The van der Waals surface area contributed by atoms with E-state index in [-0.39, 0.29) is 6.03 Å². The first-order valence-electron chi connectivity index (χ1n) is 6.66. The number of rotatable bonds is 2. The van der Waals surface area contributed by atoms with Crippen molar-refractivity contribution < 1.29 is 4.79 Å². The van der Waals surface area contributed by atoms with Crippen LogP contribution in [0.4, 0.5) is 10.5 Å². The van der Waals surface area contributed by atoms with E-state index in [1.165, 1.54) is 12.8 Å². The summed E-state index contributed by atoms with van der Waals surface area (Å²) in [5.74, 6) is 0. The van der Waals surface area contributed by atoms with E-state index in [2.05, 4.69) is 5.32 Å². The molecule has 0 unspecified atom stereocenters. The van der Waals surface area contributed by atoms with Crippen LogP contribution in [0.25, 0.3) is 0 Å². The fraction of sp³-hybridized carbons (Fsp3) is 0.500. The zero-order valence-electron chi connectivity index (χ0n) is 10.4. The van der Waals surface area contributed by atoms with Crippen LogP contribution in [0.2, 0.25) is 0 Å². The Morgan fingerprint density at radius 3 is 2.50 bits per heavy atom. The van der Waals surface area contributed by atoms with Crippen LogP contribution >= 0.6 is 0 Å². The first-order chi connectivity index (χ1) is 8.78. The summed E-state index contributed by atoms with van der Waals surface area (Å²) >= 11 is 0. The zero-order chi connectivity index (χ0) is 12.5. The van der Waals surface area contributed by atoms with E-state index in [1.807, 2.05) is 29.2 Å². The molecule has 2 saturated heterocycles. The van der Waals surface area contributed by atoms with Gasteiger partial charge in [0.2, 0.25) is 0 Å². The Labute approximate surface area is 107 Å². The van der Waals surface area contributed by atoms with Crippen molar-refractivity contribution in [2.24, 2.45) is 5.73 Å². The smallest absolute Gasteiger partial charge is 0.322 e. The van der Waals surface area contributed by atoms with E-state index in [1.54, 1.807) is 0 Å². The molecule has 2 heterocycles. The van der Waals surface area contributed by atoms with E-state index in [0.717, 1.165) is 24.1 Å². The molecule has 4 nitrogen and oxygen atoms in total. The Kier molecular flexibility index (Phi) is 2.96. The lowest BCUT2D eigenvalue weighted by atomic mass is 9.80. The molecule has 1 aromatic rings. The largest absolute Gasteiger partial charge is 0.326 e. The minimum Gasteiger partial charge on any atom is -0.326 e. The molecule has 3 rings (SSSR count). The van der Waals surface area contributed by atoms with E-state index in [9.17, 15) is 4.79 Å². The standard InChI is InChI=1S/C14H19N3O/c15-9-10-4-6-11(7-5-10)16-14(18)17-12-2-1-3-13(17)8-12/h4-7,12-13H,1-3,8-9,15H2,(H,16,18)/t12-,13+. The summed E-state index contributed by atoms with van der Waals surface area (Å²) in [4.78, 5) is 14.2. The number of carbonyl (C=O) groups excluding carboxylic acids is 1. The van der Waals surface area contributed by atoms with Crippen LogP contribution in [-0.4, -0.2) is 23.0 Å². The topological polar surface area (TPSA) is 58.4 Å². The molecule has 3 N–H and O–H groups in total. The summed E-state index contributed by atoms with van der Waals surface area (Å²) in [6.45, 7) is 0.532. The summed E-state index contributed by atoms with van der Waals surface area (Å²) in [5.41, 5.74) is 7.47. The molecule has 2 amide bonds. The monoisotopic (exact) mass is 245 g/mol. The highest BCUT2D eigenvalue weighted by atomic mass is 16.2. The Hall–Kier alpha value is -1.55. The fourth-order valence-corrected chi connectivity index (χ4v) is 3.05. The predicted octanol–water partition coefficient (Wildman–Crippen LogP) is 2.30. The maximum absolute atomic E-state index is 12.2. The second kappa shape index (κ2) is 4.61. The molecule has 2 aliphatic heterocycles. The van der Waals surface area contributed by atoms with Crippen LogP contribution in [0.5, 0.6) is 0 Å². The number of nitrogens with two attached hydrogens (primary N) is 1. The van der Waals surface area contributed by atoms with Crippen LogP contribution in [0.3, 0.4) is 0 Å². The van der Waals surface area contributed by atoms with Gasteiger partial charge >= 0.3 is 6.03 Å². The first kappa shape index (κ1) is 11.5. The lowest BCUT2D eigenvalue weighted by molar-refractivity contribution is 0.0173. The number of hydrogen-bond acceptors (Lipinski definition) is 2. The average molecular weight is 245 g/mol. The molecular formula is C14H19N3O. The third kappa shape index (κ3) is 1.97. The summed E-state index contributed by atoms with van der Waals surface area (Å²) in [6.07, 6.45) is 4.79. The second-order valence-electron chi connectivity index (χ2n) is 5.21. The number of nitrogens with one attached hydrogen (secondary N) is 1. The lowest BCUT2D eigenvalue weighted by Gasteiger charge is -2.52. The number of nitrogens with zero attached hydrogens (tertiary/aromatic N) is 1. The number of piperidine rings is 1. The van der Waals surface area contributed by atoms with Crippen LogP contribution in [-0.2, 0) is 6.54 Å². The van der Waals surface area contributed by atoms with Gasteiger partial charge in [0.25, 0.3) is 0 Å². The molecule has 0 aliphatic carbocycles. The van der Waals surface area contributed by atoms with Gasteiger partial charge in [-0.15, -0.1) is 0 Å². The highest BCUT2D eigenvalue weighted by molar-refractivity contribution is 5.90. The summed E-state index contributed by atoms with van der Waals surface area (Å²) in [7, 11) is 0. The third-order valence-electron chi connectivity index (χ3n) is 4.08. The average Bonchev–Trinajstić information content (AvgIpc) is 2.40. The van der Waals surface area contributed by atoms with E-state index < -0.39 is 0 Å². The molecule has 0 aromatic heterocycles. The number of urea groups is 1. The zero-order valence-corrected chi connectivity index (χ0v) is 10.4. The van der Waals surface area contributed by atoms with Crippen molar-refractivity contribution in [2.45, 2.75) is 44.3 Å². The van der Waals surface area contributed by atoms with Crippen molar-refractivity contribution >= 4 is 11.7 Å². The molecule has 2 atom stereocenters. The van der Waals surface area contributed by atoms with Gasteiger partial charge in [0.05, 0.1) is 0 Å². The van der Waals surface area contributed by atoms with Crippen molar-refractivity contribution in [1.82, 2.24) is 4.90 Å². The number of anilines is 1. The SMILES string of the molecule is NCc1ccc(NC(=O)N2[C@@H]3CCC[C@H]2C3)cc1. The Balaban J connectivity index is 1.63. The first-order valence-corrected chi connectivity index (χ1v) is 6.66. The van der Waals surface area contributed by atoms with E-state index in [4.69, 9.17) is 5.73 Å². The van der Waals surface area contributed by atoms with Crippen molar-refractivity contribution in [3.63, 3.8) is 0 Å². The highest BCUT2D eigenvalue weighted by Crippen LogP contribution is 2.38. The number of amides is 2. The molecule has 0 spiro atoms. The molecule has 0 radical (unpaired) electrons. The molecular weight excluding hydrogens is 226 g/mol. The van der Waals surface area contributed by atoms with Crippen LogP contribution in [0.15, 0.2) is 24.3 Å². The van der Waals surface area contributed by atoms with Gasteiger partial charge in [0, 0.05) is 24.3 Å². The van der Waals surface area contributed by atoms with Gasteiger partial charge in [0.1, 0.15) is 0 Å². The maximum atomic E-state index is 12.2. The van der Waals surface area contributed by atoms with Crippen LogP contribution in [0.1, 0.15) is 31.2 Å². The van der Waals surface area contributed by atoms with Crippen LogP contribution in [0, 0.1) is 0 Å². The van der Waals surface area contributed by atoms with Crippen molar-refractivity contribution in [3.8, 4) is 0 Å². The second-order valence-corrected chi connectivity index (χ2v) is 5.21. The number of fused-ring (bicyclic) bond motifs is 2. The molecule has 2 aliphatic rings. The molecule has 18 heavy (non-hydrogen) atoms. The Morgan fingerprint density at radius 1 is 1.28 bits per heavy atom. The van der Waals surface area contributed by atoms with E-state index in [0.29, 0.717) is 18.6 Å². The van der Waals surface area contributed by atoms with Crippen molar-refractivity contribution in [3.05, 3.63) is 29.8 Å². The third-order valence-corrected chi connectivity index (χ3v) is 4.08. The molecule has 4 heteroatoms. The summed E-state index contributed by atoms with van der Waals surface area (Å²) < 4.78 is 0. The Bertz CT molecular complexity index is 429. The Morgan fingerprint density at radius 2 is 1.94 bits per heavy atom. The molecule has 0 saturated carbocycles. The van der Waals surface area contributed by atoms with Gasteiger partial charge < -0.3 is 16.0 Å². The molecule has 2 fully saturated rings. The molecule has 1 aromatic carbocycles. The minimum atomic E-state index is 0.0523. The van der Waals surface area contributed by atoms with Gasteiger partial charge in [-0.2, -0.15) is 0 Å². The van der Waals surface area contributed by atoms with Gasteiger partial charge in [-0.25, -0.2) is 4.79 Å². The number of benzene rings is 1. The number of hydrogen-bond donors (Lipinski definition) is 2. The maximum Gasteiger partial charge on any atom is 0.322 e. The predicted molar refractivity (Wildman–Crippen MR) is 71.2 cm³/mol. The van der Waals surface area contributed by atoms with E-state index >= 15 is 0 Å². The van der Waals surface area contributed by atoms with Gasteiger partial charge in [-0.3, -0.25) is 0 Å².